The van der Waals surface area contributed by atoms with Crippen LogP contribution < -0.4 is 5.56 Å². The molecule has 3 aromatic heterocycles. The Kier molecular flexibility index (Phi) is 4.83. The number of ether oxygens (including phenoxy) is 1. The van der Waals surface area contributed by atoms with E-state index in [2.05, 4.69) is 4.98 Å². The molecule has 0 fully saturated rings. The first kappa shape index (κ1) is 17.1. The summed E-state index contributed by atoms with van der Waals surface area (Å²) in [5, 5.41) is 11.5. The molecule has 25 heavy (non-hydrogen) atoms. The van der Waals surface area contributed by atoms with Gasteiger partial charge in [0, 0.05) is 33.6 Å². The highest BCUT2D eigenvalue weighted by Gasteiger charge is 2.15. The number of pyridine rings is 2. The molecule has 3 heterocycles. The van der Waals surface area contributed by atoms with Crippen molar-refractivity contribution >= 4 is 39.0 Å². The van der Waals surface area contributed by atoms with Crippen molar-refractivity contribution in [1.82, 2.24) is 9.55 Å². The SMILES string of the molecule is CCOC(=O)Cn1ccc2scc(-c3cnc(C#N)c(Cl)c3)c2c1=O. The topological polar surface area (TPSA) is 85.0 Å². The molecule has 0 spiro atoms. The largest absolute Gasteiger partial charge is 0.465 e. The zero-order valence-electron chi connectivity index (χ0n) is 13.2. The van der Waals surface area contributed by atoms with E-state index in [1.165, 1.54) is 22.1 Å². The second-order valence-corrected chi connectivity index (χ2v) is 6.43. The van der Waals surface area contributed by atoms with E-state index in [-0.39, 0.29) is 29.4 Å². The molecule has 0 bridgehead atoms. The van der Waals surface area contributed by atoms with E-state index in [0.29, 0.717) is 16.5 Å². The number of fused-ring (bicyclic) bond motifs is 1. The molecule has 0 saturated carbocycles. The van der Waals surface area contributed by atoms with Crippen molar-refractivity contribution in [2.24, 2.45) is 0 Å². The van der Waals surface area contributed by atoms with Gasteiger partial charge in [-0.3, -0.25) is 9.59 Å². The second kappa shape index (κ2) is 7.05. The summed E-state index contributed by atoms with van der Waals surface area (Å²) < 4.78 is 7.00. The van der Waals surface area contributed by atoms with Crippen molar-refractivity contribution < 1.29 is 9.53 Å². The third kappa shape index (κ3) is 3.27. The highest BCUT2D eigenvalue weighted by atomic mass is 35.5. The van der Waals surface area contributed by atoms with E-state index in [1.54, 1.807) is 25.3 Å². The number of hydrogen-bond acceptors (Lipinski definition) is 6. The van der Waals surface area contributed by atoms with E-state index in [9.17, 15) is 9.59 Å². The monoisotopic (exact) mass is 373 g/mol. The van der Waals surface area contributed by atoms with Gasteiger partial charge < -0.3 is 9.30 Å². The lowest BCUT2D eigenvalue weighted by Crippen LogP contribution is -2.24. The number of nitriles is 1. The van der Waals surface area contributed by atoms with Gasteiger partial charge >= 0.3 is 5.97 Å². The molecule has 0 unspecified atom stereocenters. The number of thiophene rings is 1. The Morgan fingerprint density at radius 2 is 2.32 bits per heavy atom. The molecule has 0 N–H and O–H groups in total. The summed E-state index contributed by atoms with van der Waals surface area (Å²) in [5.41, 5.74) is 1.15. The van der Waals surface area contributed by atoms with Crippen molar-refractivity contribution in [3.05, 3.63) is 51.0 Å². The molecule has 3 rings (SSSR count). The minimum absolute atomic E-state index is 0.129. The maximum absolute atomic E-state index is 12.8. The maximum atomic E-state index is 12.8. The van der Waals surface area contributed by atoms with Crippen LogP contribution in [0.15, 0.2) is 34.7 Å². The number of carbonyl (C=O) groups is 1. The zero-order valence-corrected chi connectivity index (χ0v) is 14.7. The number of halogens is 1. The van der Waals surface area contributed by atoms with Crippen LogP contribution >= 0.6 is 22.9 Å². The van der Waals surface area contributed by atoms with Gasteiger partial charge in [0.05, 0.1) is 17.0 Å². The lowest BCUT2D eigenvalue weighted by Gasteiger charge is -2.06. The molecule has 0 amide bonds. The Balaban J connectivity index is 2.11. The first-order chi connectivity index (χ1) is 12.0. The minimum atomic E-state index is -0.469. The lowest BCUT2D eigenvalue weighted by atomic mass is 10.1. The van der Waals surface area contributed by atoms with Crippen LogP contribution in [0.2, 0.25) is 5.02 Å². The maximum Gasteiger partial charge on any atom is 0.326 e. The average Bonchev–Trinajstić information content (AvgIpc) is 3.02. The second-order valence-electron chi connectivity index (χ2n) is 5.11. The van der Waals surface area contributed by atoms with Gasteiger partial charge in [-0.1, -0.05) is 11.6 Å². The van der Waals surface area contributed by atoms with Gasteiger partial charge in [0.25, 0.3) is 5.56 Å². The number of aromatic nitrogens is 2. The van der Waals surface area contributed by atoms with Crippen LogP contribution in [-0.4, -0.2) is 22.1 Å². The number of hydrogen-bond donors (Lipinski definition) is 0. The predicted octanol–water partition coefficient (Wildman–Crippen LogP) is 3.21. The highest BCUT2D eigenvalue weighted by molar-refractivity contribution is 7.17. The van der Waals surface area contributed by atoms with E-state index < -0.39 is 5.97 Å². The fourth-order valence-electron chi connectivity index (χ4n) is 2.44. The molecule has 0 aliphatic carbocycles. The molecule has 0 aliphatic rings. The molecule has 0 atom stereocenters. The van der Waals surface area contributed by atoms with Crippen LogP contribution in [0.25, 0.3) is 21.2 Å². The third-order valence-electron chi connectivity index (χ3n) is 3.56. The van der Waals surface area contributed by atoms with E-state index in [1.807, 2.05) is 11.4 Å². The summed E-state index contributed by atoms with van der Waals surface area (Å²) in [7, 11) is 0. The molecule has 0 aromatic carbocycles. The first-order valence-corrected chi connectivity index (χ1v) is 8.63. The van der Waals surface area contributed by atoms with Gasteiger partial charge in [-0.2, -0.15) is 5.26 Å². The van der Waals surface area contributed by atoms with Gasteiger partial charge in [0.1, 0.15) is 12.6 Å². The van der Waals surface area contributed by atoms with Crippen LogP contribution in [0.3, 0.4) is 0 Å². The summed E-state index contributed by atoms with van der Waals surface area (Å²) >= 11 is 7.46. The van der Waals surface area contributed by atoms with Crippen molar-refractivity contribution in [2.45, 2.75) is 13.5 Å². The van der Waals surface area contributed by atoms with Crippen LogP contribution in [0.5, 0.6) is 0 Å². The van der Waals surface area contributed by atoms with Crippen molar-refractivity contribution in [1.29, 1.82) is 5.26 Å². The quantitative estimate of drug-likeness (QED) is 0.655. The van der Waals surface area contributed by atoms with Gasteiger partial charge in [0.15, 0.2) is 5.69 Å². The number of esters is 1. The normalized spacial score (nSPS) is 10.6. The van der Waals surface area contributed by atoms with Crippen molar-refractivity contribution in [3.8, 4) is 17.2 Å². The molecular weight excluding hydrogens is 362 g/mol. The van der Waals surface area contributed by atoms with Crippen LogP contribution in [0, 0.1) is 11.3 Å². The third-order valence-corrected chi connectivity index (χ3v) is 4.80. The molecule has 0 radical (unpaired) electrons. The number of rotatable bonds is 4. The molecule has 3 aromatic rings. The smallest absolute Gasteiger partial charge is 0.326 e. The average molecular weight is 374 g/mol. The fraction of sp³-hybridized carbons (Fsp3) is 0.176. The summed E-state index contributed by atoms with van der Waals surface area (Å²) in [4.78, 5) is 28.5. The minimum Gasteiger partial charge on any atom is -0.465 e. The van der Waals surface area contributed by atoms with Gasteiger partial charge in [-0.15, -0.1) is 11.3 Å². The number of nitrogens with zero attached hydrogens (tertiary/aromatic N) is 3. The van der Waals surface area contributed by atoms with Crippen molar-refractivity contribution in [2.75, 3.05) is 6.61 Å². The lowest BCUT2D eigenvalue weighted by molar-refractivity contribution is -0.143. The van der Waals surface area contributed by atoms with Gasteiger partial charge in [-0.25, -0.2) is 4.98 Å². The number of carbonyl (C=O) groups excluding carboxylic acids is 1. The predicted molar refractivity (Wildman–Crippen MR) is 95.7 cm³/mol. The Hall–Kier alpha value is -2.69. The molecule has 0 aliphatic heterocycles. The molecule has 8 heteroatoms. The summed E-state index contributed by atoms with van der Waals surface area (Å²) in [6.07, 6.45) is 3.08. The Labute approximate surface area is 151 Å². The van der Waals surface area contributed by atoms with Crippen LogP contribution in [0.4, 0.5) is 0 Å². The van der Waals surface area contributed by atoms with Crippen LogP contribution in [0.1, 0.15) is 12.6 Å². The Morgan fingerprint density at radius 1 is 1.52 bits per heavy atom. The molecular formula is C17H12ClN3O3S. The van der Waals surface area contributed by atoms with Crippen LogP contribution in [-0.2, 0) is 16.1 Å². The Morgan fingerprint density at radius 3 is 3.00 bits per heavy atom. The van der Waals surface area contributed by atoms with E-state index in [0.717, 1.165) is 4.70 Å². The van der Waals surface area contributed by atoms with Gasteiger partial charge in [0.2, 0.25) is 0 Å². The summed E-state index contributed by atoms with van der Waals surface area (Å²) in [5.74, 6) is -0.469. The standard InChI is InChI=1S/C17H12ClN3O3S/c1-2-24-15(22)8-21-4-3-14-16(17(21)23)11(9-25-14)10-5-12(18)13(6-19)20-7-10/h3-5,7,9H,2,8H2,1H3. The highest BCUT2D eigenvalue weighted by Crippen LogP contribution is 2.33. The van der Waals surface area contributed by atoms with E-state index >= 15 is 0 Å². The van der Waals surface area contributed by atoms with E-state index in [4.69, 9.17) is 21.6 Å². The first-order valence-electron chi connectivity index (χ1n) is 7.37. The summed E-state index contributed by atoms with van der Waals surface area (Å²) in [6.45, 7) is 1.82. The zero-order chi connectivity index (χ0) is 18.0. The fourth-order valence-corrected chi connectivity index (χ4v) is 3.60. The van der Waals surface area contributed by atoms with Gasteiger partial charge in [-0.05, 0) is 19.1 Å². The van der Waals surface area contributed by atoms with Crippen molar-refractivity contribution in [3.63, 3.8) is 0 Å². The Bertz CT molecular complexity index is 1070. The molecule has 126 valence electrons. The molecule has 0 saturated heterocycles. The molecule has 6 nitrogen and oxygen atoms in total. The summed E-state index contributed by atoms with van der Waals surface area (Å²) in [6, 6.07) is 5.29.